The summed E-state index contributed by atoms with van der Waals surface area (Å²) in [5, 5.41) is 0. The van der Waals surface area contributed by atoms with Gasteiger partial charge in [0.2, 0.25) is 0 Å². The van der Waals surface area contributed by atoms with Crippen molar-refractivity contribution in [2.45, 2.75) is 45.3 Å². The Morgan fingerprint density at radius 2 is 2.12 bits per heavy atom. The van der Waals surface area contributed by atoms with Crippen LogP contribution in [0.2, 0.25) is 0 Å². The Morgan fingerprint density at radius 1 is 1.35 bits per heavy atom. The number of halogens is 1. The molecule has 17 heavy (non-hydrogen) atoms. The molecule has 2 unspecified atom stereocenters. The summed E-state index contributed by atoms with van der Waals surface area (Å²) in [6.45, 7) is 2.56. The van der Waals surface area contributed by atoms with Gasteiger partial charge in [0.1, 0.15) is 5.82 Å². The van der Waals surface area contributed by atoms with Crippen molar-refractivity contribution in [2.24, 2.45) is 5.92 Å². The average molecular weight is 237 g/mol. The van der Waals surface area contributed by atoms with Crippen LogP contribution in [0, 0.1) is 11.7 Å². The van der Waals surface area contributed by atoms with E-state index >= 15 is 0 Å². The molecule has 0 saturated heterocycles. The number of hydrogen-bond acceptors (Lipinski definition) is 2. The Hall–Kier alpha value is -1.09. The summed E-state index contributed by atoms with van der Waals surface area (Å²) in [5.41, 5.74) is 6.56. The molecule has 1 fully saturated rings. The van der Waals surface area contributed by atoms with Crippen LogP contribution in [0.1, 0.15) is 38.2 Å². The molecule has 0 amide bonds. The van der Waals surface area contributed by atoms with Crippen molar-refractivity contribution in [3.8, 4) is 0 Å². The second-order valence-electron chi connectivity index (χ2n) is 4.96. The van der Waals surface area contributed by atoms with Crippen molar-refractivity contribution in [2.75, 3.05) is 5.73 Å². The largest absolute Gasteiger partial charge is 0.399 e. The van der Waals surface area contributed by atoms with E-state index in [0.717, 1.165) is 6.42 Å². The minimum atomic E-state index is -0.270. The lowest BCUT2D eigenvalue weighted by Crippen LogP contribution is -2.25. The Morgan fingerprint density at radius 3 is 2.82 bits per heavy atom. The van der Waals surface area contributed by atoms with Crippen molar-refractivity contribution >= 4 is 5.69 Å². The molecule has 1 aromatic rings. The van der Waals surface area contributed by atoms with Gasteiger partial charge in [-0.1, -0.05) is 25.8 Å². The van der Waals surface area contributed by atoms with Gasteiger partial charge in [0.25, 0.3) is 0 Å². The third kappa shape index (κ3) is 3.19. The molecule has 2 nitrogen and oxygen atoms in total. The zero-order chi connectivity index (χ0) is 12.3. The number of rotatable bonds is 3. The number of anilines is 1. The molecule has 0 aliphatic heterocycles. The van der Waals surface area contributed by atoms with Crippen molar-refractivity contribution < 1.29 is 9.13 Å². The fourth-order valence-electron chi connectivity index (χ4n) is 2.41. The number of benzene rings is 1. The molecule has 0 heterocycles. The molecule has 0 aromatic heterocycles. The molecule has 2 rings (SSSR count). The summed E-state index contributed by atoms with van der Waals surface area (Å²) in [7, 11) is 0. The first-order chi connectivity index (χ1) is 8.16. The van der Waals surface area contributed by atoms with Crippen LogP contribution in [-0.4, -0.2) is 6.10 Å². The van der Waals surface area contributed by atoms with Crippen LogP contribution < -0.4 is 5.73 Å². The van der Waals surface area contributed by atoms with E-state index in [4.69, 9.17) is 10.5 Å². The standard InChI is InChI=1S/C14H20FNO/c1-10-4-2-3-5-14(10)17-9-11-6-7-12(16)8-13(11)15/h6-8,10,14H,2-5,9,16H2,1H3. The van der Waals surface area contributed by atoms with Gasteiger partial charge in [-0.3, -0.25) is 0 Å². The smallest absolute Gasteiger partial charge is 0.130 e. The second kappa shape index (κ2) is 5.50. The minimum absolute atomic E-state index is 0.270. The Balaban J connectivity index is 1.92. The van der Waals surface area contributed by atoms with Crippen molar-refractivity contribution in [1.82, 2.24) is 0 Å². The van der Waals surface area contributed by atoms with Gasteiger partial charge >= 0.3 is 0 Å². The van der Waals surface area contributed by atoms with Crippen LogP contribution in [0.5, 0.6) is 0 Å². The monoisotopic (exact) mass is 237 g/mol. The average Bonchev–Trinajstić information content (AvgIpc) is 2.30. The van der Waals surface area contributed by atoms with E-state index in [0.29, 0.717) is 23.8 Å². The maximum atomic E-state index is 13.5. The Bertz CT molecular complexity index is 380. The molecule has 2 atom stereocenters. The molecule has 0 spiro atoms. The second-order valence-corrected chi connectivity index (χ2v) is 4.96. The Kier molecular flexibility index (Phi) is 4.00. The summed E-state index contributed by atoms with van der Waals surface area (Å²) in [6, 6.07) is 4.77. The van der Waals surface area contributed by atoms with E-state index in [1.807, 2.05) is 0 Å². The van der Waals surface area contributed by atoms with Crippen LogP contribution in [-0.2, 0) is 11.3 Å². The lowest BCUT2D eigenvalue weighted by atomic mass is 9.88. The number of hydrogen-bond donors (Lipinski definition) is 1. The lowest BCUT2D eigenvalue weighted by Gasteiger charge is -2.28. The third-order valence-electron chi connectivity index (χ3n) is 3.56. The van der Waals surface area contributed by atoms with Gasteiger partial charge in [0, 0.05) is 11.3 Å². The molecule has 0 radical (unpaired) electrons. The quantitative estimate of drug-likeness (QED) is 0.816. The maximum absolute atomic E-state index is 13.5. The fraction of sp³-hybridized carbons (Fsp3) is 0.571. The topological polar surface area (TPSA) is 35.2 Å². The van der Waals surface area contributed by atoms with E-state index in [1.165, 1.54) is 25.3 Å². The SMILES string of the molecule is CC1CCCCC1OCc1ccc(N)cc1F. The van der Waals surface area contributed by atoms with Crippen molar-refractivity contribution in [3.05, 3.63) is 29.6 Å². The van der Waals surface area contributed by atoms with Gasteiger partial charge < -0.3 is 10.5 Å². The fourth-order valence-corrected chi connectivity index (χ4v) is 2.41. The van der Waals surface area contributed by atoms with Gasteiger partial charge in [-0.05, 0) is 30.9 Å². The highest BCUT2D eigenvalue weighted by atomic mass is 19.1. The molecule has 1 aromatic carbocycles. The van der Waals surface area contributed by atoms with Crippen LogP contribution in [0.25, 0.3) is 0 Å². The van der Waals surface area contributed by atoms with Gasteiger partial charge in [-0.25, -0.2) is 4.39 Å². The van der Waals surface area contributed by atoms with Crippen LogP contribution in [0.4, 0.5) is 10.1 Å². The van der Waals surface area contributed by atoms with E-state index in [1.54, 1.807) is 12.1 Å². The molecule has 1 aliphatic rings. The molecular formula is C14H20FNO. The molecule has 94 valence electrons. The van der Waals surface area contributed by atoms with E-state index < -0.39 is 0 Å². The summed E-state index contributed by atoms with van der Waals surface area (Å²) >= 11 is 0. The van der Waals surface area contributed by atoms with E-state index in [-0.39, 0.29) is 11.9 Å². The number of nitrogen functional groups attached to an aromatic ring is 1. The van der Waals surface area contributed by atoms with Crippen LogP contribution in [0.15, 0.2) is 18.2 Å². The first kappa shape index (κ1) is 12.4. The van der Waals surface area contributed by atoms with E-state index in [9.17, 15) is 4.39 Å². The summed E-state index contributed by atoms with van der Waals surface area (Å²) in [6.07, 6.45) is 5.10. The van der Waals surface area contributed by atoms with E-state index in [2.05, 4.69) is 6.92 Å². The number of nitrogens with two attached hydrogens (primary N) is 1. The van der Waals surface area contributed by atoms with Crippen molar-refractivity contribution in [3.63, 3.8) is 0 Å². The summed E-state index contributed by atoms with van der Waals surface area (Å²) in [4.78, 5) is 0. The highest BCUT2D eigenvalue weighted by Crippen LogP contribution is 2.27. The zero-order valence-corrected chi connectivity index (χ0v) is 10.3. The predicted octanol–water partition coefficient (Wildman–Crippen LogP) is 3.50. The van der Waals surface area contributed by atoms with Crippen LogP contribution >= 0.6 is 0 Å². The third-order valence-corrected chi connectivity index (χ3v) is 3.56. The van der Waals surface area contributed by atoms with Gasteiger partial charge in [0.05, 0.1) is 12.7 Å². The highest BCUT2D eigenvalue weighted by molar-refractivity contribution is 5.40. The predicted molar refractivity (Wildman–Crippen MR) is 67.0 cm³/mol. The summed E-state index contributed by atoms with van der Waals surface area (Å²) < 4.78 is 19.4. The Labute approximate surface area is 102 Å². The molecular weight excluding hydrogens is 217 g/mol. The van der Waals surface area contributed by atoms with Gasteiger partial charge in [-0.15, -0.1) is 0 Å². The highest BCUT2D eigenvalue weighted by Gasteiger charge is 2.22. The van der Waals surface area contributed by atoms with Crippen molar-refractivity contribution in [1.29, 1.82) is 0 Å². The number of ether oxygens (including phenoxy) is 1. The minimum Gasteiger partial charge on any atom is -0.399 e. The zero-order valence-electron chi connectivity index (χ0n) is 10.3. The first-order valence-electron chi connectivity index (χ1n) is 6.32. The van der Waals surface area contributed by atoms with Crippen LogP contribution in [0.3, 0.4) is 0 Å². The normalized spacial score (nSPS) is 24.8. The maximum Gasteiger partial charge on any atom is 0.130 e. The molecule has 0 bridgehead atoms. The molecule has 1 aliphatic carbocycles. The molecule has 3 heteroatoms. The summed E-state index contributed by atoms with van der Waals surface area (Å²) in [5.74, 6) is 0.314. The molecule has 1 saturated carbocycles. The molecule has 2 N–H and O–H groups in total. The lowest BCUT2D eigenvalue weighted by molar-refractivity contribution is -0.0164. The first-order valence-corrected chi connectivity index (χ1v) is 6.32. The van der Waals surface area contributed by atoms with Gasteiger partial charge in [-0.2, -0.15) is 0 Å². The van der Waals surface area contributed by atoms with Gasteiger partial charge in [0.15, 0.2) is 0 Å².